The van der Waals surface area contributed by atoms with Crippen molar-refractivity contribution in [2.75, 3.05) is 31.5 Å². The van der Waals surface area contributed by atoms with Crippen LogP contribution in [0.4, 0.5) is 18.9 Å². The smallest absolute Gasteiger partial charge is 0.314 e. The average Bonchev–Trinajstić information content (AvgIpc) is 2.70. The minimum absolute atomic E-state index is 0.334. The highest BCUT2D eigenvalue weighted by molar-refractivity contribution is 6.39. The molecule has 0 aliphatic carbocycles. The van der Waals surface area contributed by atoms with Gasteiger partial charge in [0.2, 0.25) is 0 Å². The first kappa shape index (κ1) is 15.3. The molecule has 5 nitrogen and oxygen atoms in total. The standard InChI is InChI=1S/C13H14F3N3O2/c14-8-6-9(15)11(10(16)7-8)18-12(20)13(21)19-4-1-2-17-3-5-19/h6-7,17H,1-5H2,(H,18,20). The number of nitrogens with zero attached hydrogens (tertiary/aromatic N) is 1. The molecular weight excluding hydrogens is 287 g/mol. The Morgan fingerprint density at radius 1 is 1.10 bits per heavy atom. The van der Waals surface area contributed by atoms with E-state index in [4.69, 9.17) is 0 Å². The maximum Gasteiger partial charge on any atom is 0.314 e. The number of anilines is 1. The van der Waals surface area contributed by atoms with E-state index in [-0.39, 0.29) is 0 Å². The zero-order chi connectivity index (χ0) is 15.4. The largest absolute Gasteiger partial charge is 0.333 e. The summed E-state index contributed by atoms with van der Waals surface area (Å²) in [6, 6.07) is 0.859. The van der Waals surface area contributed by atoms with Gasteiger partial charge in [0.05, 0.1) is 0 Å². The van der Waals surface area contributed by atoms with Crippen molar-refractivity contribution in [3.05, 3.63) is 29.6 Å². The quantitative estimate of drug-likeness (QED) is 0.757. The Balaban J connectivity index is 2.08. The van der Waals surface area contributed by atoms with Crippen molar-refractivity contribution >= 4 is 17.5 Å². The summed E-state index contributed by atoms with van der Waals surface area (Å²) in [7, 11) is 0. The number of hydrogen-bond donors (Lipinski definition) is 2. The second kappa shape index (κ2) is 6.57. The third-order valence-electron chi connectivity index (χ3n) is 3.07. The molecule has 1 fully saturated rings. The SMILES string of the molecule is O=C(Nc1c(F)cc(F)cc1F)C(=O)N1CCCNCC1. The molecule has 1 aliphatic heterocycles. The second-order valence-electron chi connectivity index (χ2n) is 4.59. The molecule has 1 aromatic carbocycles. The molecule has 8 heteroatoms. The van der Waals surface area contributed by atoms with Gasteiger partial charge < -0.3 is 15.5 Å². The molecular formula is C13H14F3N3O2. The van der Waals surface area contributed by atoms with Gasteiger partial charge in [0.25, 0.3) is 0 Å². The van der Waals surface area contributed by atoms with E-state index in [2.05, 4.69) is 5.32 Å². The number of hydrogen-bond acceptors (Lipinski definition) is 3. The van der Waals surface area contributed by atoms with Gasteiger partial charge in [0.1, 0.15) is 11.5 Å². The zero-order valence-corrected chi connectivity index (χ0v) is 11.1. The van der Waals surface area contributed by atoms with Crippen molar-refractivity contribution in [3.63, 3.8) is 0 Å². The van der Waals surface area contributed by atoms with Crippen molar-refractivity contribution in [3.8, 4) is 0 Å². The third kappa shape index (κ3) is 3.72. The minimum atomic E-state index is -1.27. The first-order chi connectivity index (χ1) is 9.99. The van der Waals surface area contributed by atoms with E-state index < -0.39 is 35.0 Å². The summed E-state index contributed by atoms with van der Waals surface area (Å²) in [6.07, 6.45) is 0.679. The van der Waals surface area contributed by atoms with Gasteiger partial charge in [0, 0.05) is 31.8 Å². The summed E-state index contributed by atoms with van der Waals surface area (Å²) in [6.45, 7) is 1.99. The highest BCUT2D eigenvalue weighted by Crippen LogP contribution is 2.20. The lowest BCUT2D eigenvalue weighted by Crippen LogP contribution is -2.41. The van der Waals surface area contributed by atoms with E-state index in [0.717, 1.165) is 6.54 Å². The Morgan fingerprint density at radius 3 is 2.43 bits per heavy atom. The topological polar surface area (TPSA) is 61.4 Å². The van der Waals surface area contributed by atoms with Crippen LogP contribution in [0.25, 0.3) is 0 Å². The predicted molar refractivity (Wildman–Crippen MR) is 69.0 cm³/mol. The first-order valence-electron chi connectivity index (χ1n) is 6.44. The molecule has 114 valence electrons. The molecule has 1 aromatic rings. The Morgan fingerprint density at radius 2 is 1.76 bits per heavy atom. The minimum Gasteiger partial charge on any atom is -0.333 e. The van der Waals surface area contributed by atoms with Gasteiger partial charge in [-0.15, -0.1) is 0 Å². The molecule has 0 bridgehead atoms. The number of halogens is 3. The van der Waals surface area contributed by atoms with Crippen LogP contribution in [0.15, 0.2) is 12.1 Å². The van der Waals surface area contributed by atoms with Gasteiger partial charge in [0.15, 0.2) is 11.6 Å². The maximum absolute atomic E-state index is 13.4. The van der Waals surface area contributed by atoms with Gasteiger partial charge in [-0.3, -0.25) is 9.59 Å². The first-order valence-corrected chi connectivity index (χ1v) is 6.44. The molecule has 1 aliphatic rings. The molecule has 2 rings (SSSR count). The lowest BCUT2D eigenvalue weighted by molar-refractivity contribution is -0.143. The number of nitrogens with one attached hydrogen (secondary N) is 2. The van der Waals surface area contributed by atoms with Gasteiger partial charge >= 0.3 is 11.8 Å². The lowest BCUT2D eigenvalue weighted by atomic mass is 10.2. The fourth-order valence-corrected chi connectivity index (χ4v) is 2.02. The summed E-state index contributed by atoms with van der Waals surface area (Å²) in [4.78, 5) is 25.0. The zero-order valence-electron chi connectivity index (χ0n) is 11.1. The Bertz CT molecular complexity index is 535. The van der Waals surface area contributed by atoms with Crippen molar-refractivity contribution < 1.29 is 22.8 Å². The van der Waals surface area contributed by atoms with Crippen LogP contribution >= 0.6 is 0 Å². The number of rotatable bonds is 1. The lowest BCUT2D eigenvalue weighted by Gasteiger charge is -2.19. The van der Waals surface area contributed by atoms with E-state index in [1.165, 1.54) is 4.90 Å². The van der Waals surface area contributed by atoms with E-state index in [0.29, 0.717) is 38.2 Å². The van der Waals surface area contributed by atoms with Crippen LogP contribution in [0.1, 0.15) is 6.42 Å². The van der Waals surface area contributed by atoms with Gasteiger partial charge in [-0.25, -0.2) is 13.2 Å². The fourth-order valence-electron chi connectivity index (χ4n) is 2.02. The Hall–Kier alpha value is -2.09. The number of benzene rings is 1. The van der Waals surface area contributed by atoms with Crippen LogP contribution in [-0.4, -0.2) is 42.9 Å². The summed E-state index contributed by atoms with van der Waals surface area (Å²) in [5.74, 6) is -5.67. The summed E-state index contributed by atoms with van der Waals surface area (Å²) in [5.41, 5.74) is -0.831. The summed E-state index contributed by atoms with van der Waals surface area (Å²) < 4.78 is 39.6. The van der Waals surface area contributed by atoms with E-state index in [1.54, 1.807) is 0 Å². The normalized spacial score (nSPS) is 15.5. The van der Waals surface area contributed by atoms with E-state index >= 15 is 0 Å². The highest BCUT2D eigenvalue weighted by Gasteiger charge is 2.24. The van der Waals surface area contributed by atoms with Crippen molar-refractivity contribution in [2.24, 2.45) is 0 Å². The average molecular weight is 301 g/mol. The second-order valence-corrected chi connectivity index (χ2v) is 4.59. The molecule has 0 spiro atoms. The Kier molecular flexibility index (Phi) is 4.79. The molecule has 0 aromatic heterocycles. The van der Waals surface area contributed by atoms with E-state index in [9.17, 15) is 22.8 Å². The molecule has 2 N–H and O–H groups in total. The van der Waals surface area contributed by atoms with Crippen LogP contribution < -0.4 is 10.6 Å². The van der Waals surface area contributed by atoms with Crippen LogP contribution in [0.2, 0.25) is 0 Å². The fraction of sp³-hybridized carbons (Fsp3) is 0.385. The number of carbonyl (C=O) groups is 2. The maximum atomic E-state index is 13.4. The molecule has 1 heterocycles. The monoisotopic (exact) mass is 301 g/mol. The summed E-state index contributed by atoms with van der Waals surface area (Å²) >= 11 is 0. The highest BCUT2D eigenvalue weighted by atomic mass is 19.1. The van der Waals surface area contributed by atoms with Crippen LogP contribution in [-0.2, 0) is 9.59 Å². The molecule has 1 saturated heterocycles. The molecule has 2 amide bonds. The molecule has 0 atom stereocenters. The molecule has 0 saturated carbocycles. The summed E-state index contributed by atoms with van der Waals surface area (Å²) in [5, 5.41) is 4.91. The Labute approximate surface area is 119 Å². The number of amides is 2. The van der Waals surface area contributed by atoms with E-state index in [1.807, 2.05) is 5.32 Å². The van der Waals surface area contributed by atoms with Crippen LogP contribution in [0.5, 0.6) is 0 Å². The van der Waals surface area contributed by atoms with Crippen molar-refractivity contribution in [2.45, 2.75) is 6.42 Å². The van der Waals surface area contributed by atoms with Crippen LogP contribution in [0.3, 0.4) is 0 Å². The van der Waals surface area contributed by atoms with Gasteiger partial charge in [-0.1, -0.05) is 0 Å². The van der Waals surface area contributed by atoms with Crippen molar-refractivity contribution in [1.29, 1.82) is 0 Å². The molecule has 0 radical (unpaired) electrons. The third-order valence-corrected chi connectivity index (χ3v) is 3.07. The number of carbonyl (C=O) groups excluding carboxylic acids is 2. The molecule has 0 unspecified atom stereocenters. The van der Waals surface area contributed by atoms with Gasteiger partial charge in [-0.05, 0) is 13.0 Å². The van der Waals surface area contributed by atoms with Crippen LogP contribution in [0, 0.1) is 17.5 Å². The predicted octanol–water partition coefficient (Wildman–Crippen LogP) is 0.864. The molecule has 21 heavy (non-hydrogen) atoms. The van der Waals surface area contributed by atoms with Gasteiger partial charge in [-0.2, -0.15) is 0 Å². The van der Waals surface area contributed by atoms with Crippen molar-refractivity contribution in [1.82, 2.24) is 10.2 Å².